The number of nitrogens with zero attached hydrogens (tertiary/aromatic N) is 2. The van der Waals surface area contributed by atoms with Crippen LogP contribution in [0.3, 0.4) is 0 Å². The Balaban J connectivity index is 1.82. The fraction of sp³-hybridized carbons (Fsp3) is 0.357. The molecule has 0 saturated heterocycles. The largest absolute Gasteiger partial charge is 0.385 e. The van der Waals surface area contributed by atoms with E-state index >= 15 is 0 Å². The van der Waals surface area contributed by atoms with E-state index < -0.39 is 0 Å². The molecule has 2 aromatic rings. The van der Waals surface area contributed by atoms with Crippen LogP contribution in [0.25, 0.3) is 0 Å². The summed E-state index contributed by atoms with van der Waals surface area (Å²) in [6.07, 6.45) is 7.14. The van der Waals surface area contributed by atoms with Crippen molar-refractivity contribution >= 4 is 17.4 Å². The lowest BCUT2D eigenvalue weighted by atomic mass is 10.2. The van der Waals surface area contributed by atoms with Crippen molar-refractivity contribution in [3.8, 4) is 0 Å². The van der Waals surface area contributed by atoms with Crippen molar-refractivity contribution in [1.82, 2.24) is 9.78 Å². The van der Waals surface area contributed by atoms with Crippen LogP contribution in [0.15, 0.2) is 42.7 Å². The van der Waals surface area contributed by atoms with Crippen molar-refractivity contribution < 1.29 is 0 Å². The molecule has 0 fully saturated rings. The predicted molar refractivity (Wildman–Crippen MR) is 79.3 cm³/mol. The maximum absolute atomic E-state index is 4.20. The van der Waals surface area contributed by atoms with E-state index in [9.17, 15) is 0 Å². The van der Waals surface area contributed by atoms with E-state index in [2.05, 4.69) is 40.9 Å². The molecule has 1 N–H and O–H groups in total. The minimum atomic E-state index is 0.833. The van der Waals surface area contributed by atoms with E-state index in [1.807, 2.05) is 34.9 Å². The van der Waals surface area contributed by atoms with Gasteiger partial charge in [-0.3, -0.25) is 4.68 Å². The van der Waals surface area contributed by atoms with Crippen LogP contribution in [0, 0.1) is 0 Å². The first kappa shape index (κ1) is 13.0. The van der Waals surface area contributed by atoms with E-state index in [0.29, 0.717) is 0 Å². The highest BCUT2D eigenvalue weighted by molar-refractivity contribution is 7.98. The highest BCUT2D eigenvalue weighted by Crippen LogP contribution is 2.10. The summed E-state index contributed by atoms with van der Waals surface area (Å²) in [5.74, 6) is 1.21. The smallest absolute Gasteiger partial charge is 0.0659 e. The number of hydrogen-bond donors (Lipinski definition) is 1. The SMILES string of the molecule is CSCCCNc1ccc(Cn2cccn2)cc1. The number of hydrogen-bond acceptors (Lipinski definition) is 3. The van der Waals surface area contributed by atoms with Gasteiger partial charge in [-0.1, -0.05) is 12.1 Å². The maximum atomic E-state index is 4.20. The third-order valence-electron chi connectivity index (χ3n) is 2.71. The molecule has 2 rings (SSSR count). The molecule has 0 radical (unpaired) electrons. The van der Waals surface area contributed by atoms with Gasteiger partial charge in [-0.15, -0.1) is 0 Å². The molecule has 0 saturated carbocycles. The van der Waals surface area contributed by atoms with Crippen LogP contribution < -0.4 is 5.32 Å². The maximum Gasteiger partial charge on any atom is 0.0659 e. The number of anilines is 1. The summed E-state index contributed by atoms with van der Waals surface area (Å²) < 4.78 is 1.93. The molecule has 18 heavy (non-hydrogen) atoms. The highest BCUT2D eigenvalue weighted by Gasteiger charge is 1.96. The van der Waals surface area contributed by atoms with Crippen LogP contribution in [-0.2, 0) is 6.54 Å². The summed E-state index contributed by atoms with van der Waals surface area (Å²) in [7, 11) is 0. The van der Waals surface area contributed by atoms with E-state index in [0.717, 1.165) is 13.1 Å². The van der Waals surface area contributed by atoms with Gasteiger partial charge >= 0.3 is 0 Å². The fourth-order valence-electron chi connectivity index (χ4n) is 1.76. The monoisotopic (exact) mass is 261 g/mol. The lowest BCUT2D eigenvalue weighted by molar-refractivity contribution is 0.687. The van der Waals surface area contributed by atoms with Gasteiger partial charge in [0, 0.05) is 24.6 Å². The molecule has 1 aromatic heterocycles. The Morgan fingerprint density at radius 2 is 2.11 bits per heavy atom. The van der Waals surface area contributed by atoms with Gasteiger partial charge in [0.2, 0.25) is 0 Å². The van der Waals surface area contributed by atoms with Gasteiger partial charge in [-0.2, -0.15) is 16.9 Å². The fourth-order valence-corrected chi connectivity index (χ4v) is 2.19. The van der Waals surface area contributed by atoms with Gasteiger partial charge in [-0.25, -0.2) is 0 Å². The zero-order valence-electron chi connectivity index (χ0n) is 10.7. The molecule has 3 nitrogen and oxygen atoms in total. The minimum absolute atomic E-state index is 0.833. The van der Waals surface area contributed by atoms with Crippen LogP contribution in [-0.4, -0.2) is 28.3 Å². The third-order valence-corrected chi connectivity index (χ3v) is 3.41. The van der Waals surface area contributed by atoms with Crippen LogP contribution in [0.2, 0.25) is 0 Å². The van der Waals surface area contributed by atoms with Gasteiger partial charge in [0.15, 0.2) is 0 Å². The summed E-state index contributed by atoms with van der Waals surface area (Å²) >= 11 is 1.89. The molecular formula is C14H19N3S. The topological polar surface area (TPSA) is 29.9 Å². The number of aromatic nitrogens is 2. The van der Waals surface area contributed by atoms with Crippen LogP contribution in [0.4, 0.5) is 5.69 Å². The Bertz CT molecular complexity index is 437. The third kappa shape index (κ3) is 4.11. The molecule has 0 aliphatic rings. The van der Waals surface area contributed by atoms with Crippen molar-refractivity contribution in [2.24, 2.45) is 0 Å². The molecule has 0 aliphatic carbocycles. The summed E-state index contributed by atoms with van der Waals surface area (Å²) in [5, 5.41) is 7.63. The first-order valence-electron chi connectivity index (χ1n) is 6.17. The number of rotatable bonds is 7. The lowest BCUT2D eigenvalue weighted by Gasteiger charge is -2.07. The van der Waals surface area contributed by atoms with Gasteiger partial charge in [0.05, 0.1) is 6.54 Å². The molecule has 0 unspecified atom stereocenters. The van der Waals surface area contributed by atoms with Gasteiger partial charge in [0.1, 0.15) is 0 Å². The van der Waals surface area contributed by atoms with Gasteiger partial charge < -0.3 is 5.32 Å². The molecule has 0 aliphatic heterocycles. The van der Waals surface area contributed by atoms with E-state index in [-0.39, 0.29) is 0 Å². The Kier molecular flexibility index (Phi) is 5.15. The molecule has 1 heterocycles. The zero-order chi connectivity index (χ0) is 12.6. The molecule has 0 atom stereocenters. The van der Waals surface area contributed by atoms with E-state index in [1.54, 1.807) is 0 Å². The lowest BCUT2D eigenvalue weighted by Crippen LogP contribution is -2.03. The van der Waals surface area contributed by atoms with Crippen LogP contribution >= 0.6 is 11.8 Å². The Morgan fingerprint density at radius 1 is 1.28 bits per heavy atom. The van der Waals surface area contributed by atoms with Crippen molar-refractivity contribution in [3.05, 3.63) is 48.3 Å². The summed E-state index contributed by atoms with van der Waals surface area (Å²) in [4.78, 5) is 0. The second-order valence-corrected chi connectivity index (χ2v) is 5.16. The highest BCUT2D eigenvalue weighted by atomic mass is 32.2. The number of nitrogens with one attached hydrogen (secondary N) is 1. The molecule has 0 bridgehead atoms. The molecule has 0 amide bonds. The molecule has 4 heteroatoms. The summed E-state index contributed by atoms with van der Waals surface area (Å²) in [5.41, 5.74) is 2.47. The second kappa shape index (κ2) is 7.11. The summed E-state index contributed by atoms with van der Waals surface area (Å²) in [6.45, 7) is 1.87. The Hall–Kier alpha value is -1.42. The molecular weight excluding hydrogens is 242 g/mol. The van der Waals surface area contributed by atoms with E-state index in [1.165, 1.54) is 23.4 Å². The zero-order valence-corrected chi connectivity index (χ0v) is 11.5. The van der Waals surface area contributed by atoms with E-state index in [4.69, 9.17) is 0 Å². The molecule has 0 spiro atoms. The normalized spacial score (nSPS) is 10.5. The summed E-state index contributed by atoms with van der Waals surface area (Å²) in [6, 6.07) is 10.5. The number of thioether (sulfide) groups is 1. The Morgan fingerprint density at radius 3 is 2.78 bits per heavy atom. The minimum Gasteiger partial charge on any atom is -0.385 e. The Labute approximate surface area is 113 Å². The molecule has 96 valence electrons. The number of benzene rings is 1. The van der Waals surface area contributed by atoms with Crippen LogP contribution in [0.5, 0.6) is 0 Å². The van der Waals surface area contributed by atoms with Gasteiger partial charge in [0.25, 0.3) is 0 Å². The first-order valence-corrected chi connectivity index (χ1v) is 7.57. The second-order valence-electron chi connectivity index (χ2n) is 4.17. The standard InChI is InChI=1S/C14H19N3S/c1-18-11-3-8-15-14-6-4-13(5-7-14)12-17-10-2-9-16-17/h2,4-7,9-10,15H,3,8,11-12H2,1H3. The predicted octanol–water partition coefficient (Wildman–Crippen LogP) is 3.10. The molecule has 1 aromatic carbocycles. The van der Waals surface area contributed by atoms with Crippen molar-refractivity contribution in [2.75, 3.05) is 23.9 Å². The first-order chi connectivity index (χ1) is 8.88. The average Bonchev–Trinajstić information content (AvgIpc) is 2.89. The average molecular weight is 261 g/mol. The van der Waals surface area contributed by atoms with Crippen LogP contribution in [0.1, 0.15) is 12.0 Å². The van der Waals surface area contributed by atoms with Gasteiger partial charge in [-0.05, 0) is 42.2 Å². The van der Waals surface area contributed by atoms with Crippen molar-refractivity contribution in [1.29, 1.82) is 0 Å². The van der Waals surface area contributed by atoms with Crippen molar-refractivity contribution in [2.45, 2.75) is 13.0 Å². The van der Waals surface area contributed by atoms with Crippen molar-refractivity contribution in [3.63, 3.8) is 0 Å². The quantitative estimate of drug-likeness (QED) is 0.777.